The van der Waals surface area contributed by atoms with E-state index in [1.54, 1.807) is 18.2 Å². The fourth-order valence-corrected chi connectivity index (χ4v) is 2.17. The summed E-state index contributed by atoms with van der Waals surface area (Å²) in [5, 5.41) is 3.59. The SMILES string of the molecule is Cc1cc(C(=O)NC(C)c2ccccc2N)ccc1Cl. The maximum Gasteiger partial charge on any atom is 0.251 e. The molecule has 3 N–H and O–H groups in total. The van der Waals surface area contributed by atoms with Gasteiger partial charge in [-0.05, 0) is 49.2 Å². The summed E-state index contributed by atoms with van der Waals surface area (Å²) in [5.41, 5.74) is 8.97. The quantitative estimate of drug-likeness (QED) is 0.846. The summed E-state index contributed by atoms with van der Waals surface area (Å²) in [6.07, 6.45) is 0. The summed E-state index contributed by atoms with van der Waals surface area (Å²) >= 11 is 5.96. The van der Waals surface area contributed by atoms with Crippen LogP contribution in [0.25, 0.3) is 0 Å². The molecular formula is C16H17ClN2O. The Morgan fingerprint density at radius 3 is 2.60 bits per heavy atom. The number of hydrogen-bond donors (Lipinski definition) is 2. The molecule has 0 heterocycles. The van der Waals surface area contributed by atoms with E-state index in [0.29, 0.717) is 16.3 Å². The number of para-hydroxylation sites is 1. The van der Waals surface area contributed by atoms with Gasteiger partial charge in [-0.25, -0.2) is 0 Å². The second-order valence-electron chi connectivity index (χ2n) is 4.79. The molecule has 0 aromatic heterocycles. The molecule has 0 bridgehead atoms. The number of halogens is 1. The Morgan fingerprint density at radius 2 is 1.95 bits per heavy atom. The van der Waals surface area contributed by atoms with E-state index in [1.165, 1.54) is 0 Å². The van der Waals surface area contributed by atoms with E-state index in [2.05, 4.69) is 5.32 Å². The monoisotopic (exact) mass is 288 g/mol. The zero-order valence-corrected chi connectivity index (χ0v) is 12.2. The summed E-state index contributed by atoms with van der Waals surface area (Å²) in [6, 6.07) is 12.6. The topological polar surface area (TPSA) is 55.1 Å². The van der Waals surface area contributed by atoms with E-state index >= 15 is 0 Å². The summed E-state index contributed by atoms with van der Waals surface area (Å²) in [4.78, 5) is 12.2. The van der Waals surface area contributed by atoms with E-state index < -0.39 is 0 Å². The van der Waals surface area contributed by atoms with Crippen molar-refractivity contribution in [2.45, 2.75) is 19.9 Å². The maximum atomic E-state index is 12.2. The molecule has 1 atom stereocenters. The van der Waals surface area contributed by atoms with Crippen LogP contribution in [0, 0.1) is 6.92 Å². The molecule has 0 fully saturated rings. The van der Waals surface area contributed by atoms with Crippen molar-refractivity contribution in [1.82, 2.24) is 5.32 Å². The van der Waals surface area contributed by atoms with Crippen LogP contribution in [0.2, 0.25) is 5.02 Å². The second-order valence-corrected chi connectivity index (χ2v) is 5.20. The lowest BCUT2D eigenvalue weighted by molar-refractivity contribution is 0.0940. The summed E-state index contributed by atoms with van der Waals surface area (Å²) in [5.74, 6) is -0.138. The van der Waals surface area contributed by atoms with Crippen molar-refractivity contribution >= 4 is 23.2 Å². The first-order valence-corrected chi connectivity index (χ1v) is 6.78. The van der Waals surface area contributed by atoms with Gasteiger partial charge in [0.15, 0.2) is 0 Å². The first-order valence-electron chi connectivity index (χ1n) is 6.40. The highest BCUT2D eigenvalue weighted by Gasteiger charge is 2.13. The largest absolute Gasteiger partial charge is 0.398 e. The van der Waals surface area contributed by atoms with Gasteiger partial charge < -0.3 is 11.1 Å². The van der Waals surface area contributed by atoms with Gasteiger partial charge >= 0.3 is 0 Å². The predicted octanol–water partition coefficient (Wildman–Crippen LogP) is 3.72. The Morgan fingerprint density at radius 1 is 1.25 bits per heavy atom. The molecular weight excluding hydrogens is 272 g/mol. The first kappa shape index (κ1) is 14.4. The molecule has 0 aliphatic rings. The van der Waals surface area contributed by atoms with Gasteiger partial charge in [0.05, 0.1) is 6.04 Å². The van der Waals surface area contributed by atoms with Crippen LogP contribution in [0.3, 0.4) is 0 Å². The number of hydrogen-bond acceptors (Lipinski definition) is 2. The molecule has 2 aromatic rings. The lowest BCUT2D eigenvalue weighted by Gasteiger charge is -2.16. The van der Waals surface area contributed by atoms with E-state index in [4.69, 9.17) is 17.3 Å². The Bertz CT molecular complexity index is 640. The maximum absolute atomic E-state index is 12.2. The van der Waals surface area contributed by atoms with E-state index in [9.17, 15) is 4.79 Å². The van der Waals surface area contributed by atoms with Gasteiger partial charge in [0, 0.05) is 16.3 Å². The molecule has 2 rings (SSSR count). The Hall–Kier alpha value is -2.00. The number of nitrogen functional groups attached to an aromatic ring is 1. The summed E-state index contributed by atoms with van der Waals surface area (Å²) < 4.78 is 0. The van der Waals surface area contributed by atoms with Gasteiger partial charge in [-0.15, -0.1) is 0 Å². The number of nitrogens with two attached hydrogens (primary N) is 1. The van der Waals surface area contributed by atoms with Crippen LogP contribution in [0.5, 0.6) is 0 Å². The fraction of sp³-hybridized carbons (Fsp3) is 0.188. The van der Waals surface area contributed by atoms with E-state index in [1.807, 2.05) is 38.1 Å². The molecule has 0 saturated carbocycles. The van der Waals surface area contributed by atoms with Crippen LogP contribution in [-0.4, -0.2) is 5.91 Å². The van der Waals surface area contributed by atoms with Gasteiger partial charge in [0.1, 0.15) is 0 Å². The van der Waals surface area contributed by atoms with Crippen molar-refractivity contribution in [3.05, 3.63) is 64.2 Å². The van der Waals surface area contributed by atoms with Gasteiger partial charge in [0.25, 0.3) is 5.91 Å². The highest BCUT2D eigenvalue weighted by molar-refractivity contribution is 6.31. The number of anilines is 1. The van der Waals surface area contributed by atoms with Gasteiger partial charge in [-0.1, -0.05) is 29.8 Å². The number of aryl methyl sites for hydroxylation is 1. The smallest absolute Gasteiger partial charge is 0.251 e. The average Bonchev–Trinajstić information content (AvgIpc) is 2.42. The highest BCUT2D eigenvalue weighted by atomic mass is 35.5. The minimum absolute atomic E-state index is 0.138. The normalized spacial score (nSPS) is 11.9. The summed E-state index contributed by atoms with van der Waals surface area (Å²) in [7, 11) is 0. The number of nitrogens with one attached hydrogen (secondary N) is 1. The Labute approximate surface area is 123 Å². The molecule has 20 heavy (non-hydrogen) atoms. The molecule has 2 aromatic carbocycles. The third-order valence-corrected chi connectivity index (χ3v) is 3.65. The van der Waals surface area contributed by atoms with Crippen LogP contribution in [0.15, 0.2) is 42.5 Å². The van der Waals surface area contributed by atoms with E-state index in [0.717, 1.165) is 11.1 Å². The molecule has 0 spiro atoms. The third kappa shape index (κ3) is 3.11. The van der Waals surface area contributed by atoms with Crippen molar-refractivity contribution in [2.24, 2.45) is 0 Å². The van der Waals surface area contributed by atoms with Gasteiger partial charge in [-0.3, -0.25) is 4.79 Å². The minimum atomic E-state index is -0.153. The first-order chi connectivity index (χ1) is 9.49. The van der Waals surface area contributed by atoms with Crippen molar-refractivity contribution in [2.75, 3.05) is 5.73 Å². The molecule has 3 nitrogen and oxygen atoms in total. The van der Waals surface area contributed by atoms with Crippen LogP contribution >= 0.6 is 11.6 Å². The fourth-order valence-electron chi connectivity index (χ4n) is 2.05. The molecule has 0 aliphatic carbocycles. The van der Waals surface area contributed by atoms with Gasteiger partial charge in [0.2, 0.25) is 0 Å². The number of carbonyl (C=O) groups excluding carboxylic acids is 1. The number of amides is 1. The minimum Gasteiger partial charge on any atom is -0.398 e. The lowest BCUT2D eigenvalue weighted by atomic mass is 10.1. The van der Waals surface area contributed by atoms with Crippen molar-refractivity contribution in [1.29, 1.82) is 0 Å². The lowest BCUT2D eigenvalue weighted by Crippen LogP contribution is -2.27. The average molecular weight is 289 g/mol. The molecule has 1 unspecified atom stereocenters. The summed E-state index contributed by atoms with van der Waals surface area (Å²) in [6.45, 7) is 3.78. The van der Waals surface area contributed by atoms with Crippen molar-refractivity contribution < 1.29 is 4.79 Å². The van der Waals surface area contributed by atoms with Crippen LogP contribution in [0.1, 0.15) is 34.5 Å². The van der Waals surface area contributed by atoms with Crippen molar-refractivity contribution in [3.8, 4) is 0 Å². The number of benzene rings is 2. The van der Waals surface area contributed by atoms with E-state index in [-0.39, 0.29) is 11.9 Å². The Balaban J connectivity index is 2.15. The Kier molecular flexibility index (Phi) is 4.30. The number of rotatable bonds is 3. The molecule has 0 saturated heterocycles. The molecule has 0 aliphatic heterocycles. The van der Waals surface area contributed by atoms with Crippen LogP contribution in [0.4, 0.5) is 5.69 Å². The molecule has 104 valence electrons. The predicted molar refractivity (Wildman–Crippen MR) is 82.9 cm³/mol. The zero-order valence-electron chi connectivity index (χ0n) is 11.5. The third-order valence-electron chi connectivity index (χ3n) is 3.23. The second kappa shape index (κ2) is 5.97. The number of carbonyl (C=O) groups is 1. The zero-order chi connectivity index (χ0) is 14.7. The molecule has 0 radical (unpaired) electrons. The molecule has 4 heteroatoms. The van der Waals surface area contributed by atoms with Gasteiger partial charge in [-0.2, -0.15) is 0 Å². The van der Waals surface area contributed by atoms with Crippen LogP contribution < -0.4 is 11.1 Å². The van der Waals surface area contributed by atoms with Crippen molar-refractivity contribution in [3.63, 3.8) is 0 Å². The standard InChI is InChI=1S/C16H17ClN2O/c1-10-9-12(7-8-14(10)17)16(20)19-11(2)13-5-3-4-6-15(13)18/h3-9,11H,18H2,1-2H3,(H,19,20). The molecule has 1 amide bonds. The van der Waals surface area contributed by atoms with Crippen LogP contribution in [-0.2, 0) is 0 Å². The highest BCUT2D eigenvalue weighted by Crippen LogP contribution is 2.21.